The van der Waals surface area contributed by atoms with Crippen molar-refractivity contribution >= 4 is 34.3 Å². The standard InChI is InChI=1S/C17H20ClFN4OS/c1-10-9-23(17(24)21-16-20-11(2)22-25-16)6-5-12(10)7-13-3-4-14(18)8-15(13)19/h3-4,8,10,12H,5-7,9H2,1-2H3,(H,20,21,22,24). The molecule has 1 aromatic carbocycles. The average Bonchev–Trinajstić information content (AvgIpc) is 2.96. The van der Waals surface area contributed by atoms with Crippen molar-refractivity contribution in [3.63, 3.8) is 0 Å². The maximum Gasteiger partial charge on any atom is 0.323 e. The van der Waals surface area contributed by atoms with Crippen molar-refractivity contribution in [2.24, 2.45) is 11.8 Å². The van der Waals surface area contributed by atoms with Gasteiger partial charge in [0.15, 0.2) is 0 Å². The van der Waals surface area contributed by atoms with Gasteiger partial charge in [-0.15, -0.1) is 0 Å². The van der Waals surface area contributed by atoms with E-state index in [-0.39, 0.29) is 17.8 Å². The SMILES string of the molecule is Cc1nsc(NC(=O)N2CCC(Cc3ccc(Cl)cc3F)C(C)C2)n1. The van der Waals surface area contributed by atoms with Crippen molar-refractivity contribution in [2.75, 3.05) is 18.4 Å². The van der Waals surface area contributed by atoms with Crippen molar-refractivity contribution in [3.05, 3.63) is 40.4 Å². The van der Waals surface area contributed by atoms with Crippen LogP contribution in [0.15, 0.2) is 18.2 Å². The van der Waals surface area contributed by atoms with Crippen LogP contribution in [0.3, 0.4) is 0 Å². The second kappa shape index (κ2) is 7.66. The molecule has 1 aliphatic rings. The van der Waals surface area contributed by atoms with Gasteiger partial charge in [0.2, 0.25) is 5.13 Å². The highest BCUT2D eigenvalue weighted by atomic mass is 35.5. The second-order valence-electron chi connectivity index (χ2n) is 6.49. The second-order valence-corrected chi connectivity index (χ2v) is 7.68. The van der Waals surface area contributed by atoms with E-state index in [1.165, 1.54) is 17.6 Å². The molecule has 1 aromatic heterocycles. The summed E-state index contributed by atoms with van der Waals surface area (Å²) in [5.41, 5.74) is 0.684. The van der Waals surface area contributed by atoms with E-state index in [1.807, 2.05) is 0 Å². The van der Waals surface area contributed by atoms with Crippen LogP contribution in [0.2, 0.25) is 5.02 Å². The van der Waals surface area contributed by atoms with Gasteiger partial charge in [-0.25, -0.2) is 14.2 Å². The zero-order chi connectivity index (χ0) is 18.0. The molecule has 5 nitrogen and oxygen atoms in total. The number of nitrogens with one attached hydrogen (secondary N) is 1. The molecule has 0 spiro atoms. The zero-order valence-corrected chi connectivity index (χ0v) is 15.7. The number of likely N-dealkylation sites (tertiary alicyclic amines) is 1. The first-order chi connectivity index (χ1) is 11.9. The van der Waals surface area contributed by atoms with Gasteiger partial charge in [0.05, 0.1) is 0 Å². The van der Waals surface area contributed by atoms with Crippen LogP contribution in [-0.4, -0.2) is 33.4 Å². The Morgan fingerprint density at radius 2 is 2.32 bits per heavy atom. The number of hydrogen-bond acceptors (Lipinski definition) is 4. The minimum atomic E-state index is -0.258. The molecule has 0 saturated carbocycles. The van der Waals surface area contributed by atoms with Crippen LogP contribution in [0, 0.1) is 24.6 Å². The predicted octanol–water partition coefficient (Wildman–Crippen LogP) is 4.37. The summed E-state index contributed by atoms with van der Waals surface area (Å²) < 4.78 is 18.1. The molecule has 2 atom stereocenters. The minimum absolute atomic E-state index is 0.154. The summed E-state index contributed by atoms with van der Waals surface area (Å²) in [6.45, 7) is 5.18. The predicted molar refractivity (Wildman–Crippen MR) is 97.6 cm³/mol. The quantitative estimate of drug-likeness (QED) is 0.857. The fourth-order valence-corrected chi connectivity index (χ4v) is 3.89. The van der Waals surface area contributed by atoms with Gasteiger partial charge in [-0.05, 0) is 49.3 Å². The van der Waals surface area contributed by atoms with Crippen LogP contribution in [0.4, 0.5) is 14.3 Å². The van der Waals surface area contributed by atoms with Crippen molar-refractivity contribution in [2.45, 2.75) is 26.7 Å². The summed E-state index contributed by atoms with van der Waals surface area (Å²) in [4.78, 5) is 18.3. The Morgan fingerprint density at radius 1 is 1.52 bits per heavy atom. The average molecular weight is 383 g/mol. The number of aromatic nitrogens is 2. The minimum Gasteiger partial charge on any atom is -0.324 e. The number of piperidine rings is 1. The van der Waals surface area contributed by atoms with Gasteiger partial charge >= 0.3 is 6.03 Å². The van der Waals surface area contributed by atoms with Crippen molar-refractivity contribution in [1.82, 2.24) is 14.3 Å². The molecule has 2 aromatic rings. The first kappa shape index (κ1) is 18.1. The molecule has 3 rings (SSSR count). The van der Waals surface area contributed by atoms with E-state index in [2.05, 4.69) is 21.6 Å². The molecule has 1 N–H and O–H groups in total. The third kappa shape index (κ3) is 4.46. The Bertz CT molecular complexity index is 769. The van der Waals surface area contributed by atoms with Crippen molar-refractivity contribution in [3.8, 4) is 0 Å². The molecule has 2 amide bonds. The van der Waals surface area contributed by atoms with Crippen LogP contribution in [0.5, 0.6) is 0 Å². The van der Waals surface area contributed by atoms with Gasteiger partial charge in [-0.3, -0.25) is 5.32 Å². The summed E-state index contributed by atoms with van der Waals surface area (Å²) in [6, 6.07) is 4.67. The number of rotatable bonds is 3. The van der Waals surface area contributed by atoms with Gasteiger partial charge in [0.1, 0.15) is 11.6 Å². The van der Waals surface area contributed by atoms with Crippen molar-refractivity contribution in [1.29, 1.82) is 0 Å². The van der Waals surface area contributed by atoms with E-state index in [4.69, 9.17) is 11.6 Å². The van der Waals surface area contributed by atoms with Gasteiger partial charge in [-0.2, -0.15) is 4.37 Å². The molecule has 0 bridgehead atoms. The number of nitrogens with zero attached hydrogens (tertiary/aromatic N) is 3. The van der Waals surface area contributed by atoms with Crippen LogP contribution in [-0.2, 0) is 6.42 Å². The lowest BCUT2D eigenvalue weighted by atomic mass is 9.82. The highest BCUT2D eigenvalue weighted by Crippen LogP contribution is 2.29. The lowest BCUT2D eigenvalue weighted by Crippen LogP contribution is -2.45. The highest BCUT2D eigenvalue weighted by molar-refractivity contribution is 7.09. The molecule has 134 valence electrons. The summed E-state index contributed by atoms with van der Waals surface area (Å²) in [5, 5.41) is 3.71. The first-order valence-electron chi connectivity index (χ1n) is 8.22. The van der Waals surface area contributed by atoms with Gasteiger partial charge in [0, 0.05) is 29.6 Å². The molecule has 8 heteroatoms. The number of carbonyl (C=O) groups is 1. The Hall–Kier alpha value is -1.73. The Balaban J connectivity index is 1.57. The van der Waals surface area contributed by atoms with Crippen LogP contribution in [0.25, 0.3) is 0 Å². The lowest BCUT2D eigenvalue weighted by molar-refractivity contribution is 0.146. The van der Waals surface area contributed by atoms with Crippen molar-refractivity contribution < 1.29 is 9.18 Å². The number of hydrogen-bond donors (Lipinski definition) is 1. The Morgan fingerprint density at radius 3 is 2.96 bits per heavy atom. The molecule has 1 saturated heterocycles. The molecule has 1 aliphatic heterocycles. The van der Waals surface area contributed by atoms with E-state index in [0.717, 1.165) is 6.42 Å². The maximum absolute atomic E-state index is 14.0. The van der Waals surface area contributed by atoms with E-state index < -0.39 is 0 Å². The fourth-order valence-electron chi connectivity index (χ4n) is 3.17. The number of benzene rings is 1. The van der Waals surface area contributed by atoms with Crippen LogP contribution >= 0.6 is 23.1 Å². The molecule has 2 heterocycles. The number of urea groups is 1. The normalized spacial score (nSPS) is 20.6. The summed E-state index contributed by atoms with van der Waals surface area (Å²) in [7, 11) is 0. The van der Waals surface area contributed by atoms with E-state index in [9.17, 15) is 9.18 Å². The molecule has 0 radical (unpaired) electrons. The Labute approximate surface area is 155 Å². The number of anilines is 1. The summed E-state index contributed by atoms with van der Waals surface area (Å²) in [6.07, 6.45) is 1.50. The van der Waals surface area contributed by atoms with Crippen LogP contribution < -0.4 is 5.32 Å². The summed E-state index contributed by atoms with van der Waals surface area (Å²) in [5.74, 6) is 1.01. The number of aryl methyl sites for hydroxylation is 1. The first-order valence-corrected chi connectivity index (χ1v) is 9.37. The van der Waals surface area contributed by atoms with Crippen LogP contribution in [0.1, 0.15) is 24.7 Å². The lowest BCUT2D eigenvalue weighted by Gasteiger charge is -2.36. The topological polar surface area (TPSA) is 58.1 Å². The van der Waals surface area contributed by atoms with Gasteiger partial charge in [0.25, 0.3) is 0 Å². The molecular formula is C17H20ClFN4OS. The van der Waals surface area contributed by atoms with E-state index in [1.54, 1.807) is 24.0 Å². The maximum atomic E-state index is 14.0. The molecule has 25 heavy (non-hydrogen) atoms. The van der Waals surface area contributed by atoms with E-state index in [0.29, 0.717) is 47.0 Å². The Kier molecular flexibility index (Phi) is 5.54. The molecule has 0 aliphatic carbocycles. The third-order valence-corrected chi connectivity index (χ3v) is 5.57. The smallest absolute Gasteiger partial charge is 0.323 e. The van der Waals surface area contributed by atoms with Gasteiger partial charge < -0.3 is 4.90 Å². The monoisotopic (exact) mass is 382 g/mol. The number of carbonyl (C=O) groups excluding carboxylic acids is 1. The highest BCUT2D eigenvalue weighted by Gasteiger charge is 2.29. The van der Waals surface area contributed by atoms with E-state index >= 15 is 0 Å². The zero-order valence-electron chi connectivity index (χ0n) is 14.1. The third-order valence-electron chi connectivity index (χ3n) is 4.61. The number of halogens is 2. The molecular weight excluding hydrogens is 363 g/mol. The largest absolute Gasteiger partial charge is 0.324 e. The fraction of sp³-hybridized carbons (Fsp3) is 0.471. The number of amides is 2. The van der Waals surface area contributed by atoms with Gasteiger partial charge in [-0.1, -0.05) is 24.6 Å². The summed E-state index contributed by atoms with van der Waals surface area (Å²) >= 11 is 6.99. The molecule has 1 fully saturated rings. The molecule has 2 unspecified atom stereocenters.